The number of rotatable bonds is 20. The first-order valence-electron chi connectivity index (χ1n) is 12.8. The summed E-state index contributed by atoms with van der Waals surface area (Å²) < 4.78 is 0. The Morgan fingerprint density at radius 3 is 0.704 bits per heavy atom. The van der Waals surface area contributed by atoms with E-state index in [1.165, 1.54) is 38.5 Å². The van der Waals surface area contributed by atoms with Crippen LogP contribution in [0, 0.1) is 0 Å². The molecule has 163 valence electrons. The minimum absolute atomic E-state index is 1.43. The van der Waals surface area contributed by atoms with Gasteiger partial charge in [-0.15, -0.1) is 0 Å². The molecule has 0 aromatic carbocycles. The number of unbranched alkanes of at least 4 members (excludes halogenated alkanes) is 6. The van der Waals surface area contributed by atoms with E-state index in [9.17, 15) is 0 Å². The van der Waals surface area contributed by atoms with Crippen LogP contribution >= 0.6 is 5.80 Å². The van der Waals surface area contributed by atoms with Crippen LogP contribution in [-0.4, -0.2) is 25.6 Å². The molecular formula is C24H54Ge2P. The molecule has 0 aromatic rings. The Labute approximate surface area is 180 Å². The molecule has 0 saturated carbocycles. The second kappa shape index (κ2) is 18.3. The summed E-state index contributed by atoms with van der Waals surface area (Å²) in [6, 6.07) is 0. The molecule has 0 heterocycles. The van der Waals surface area contributed by atoms with E-state index in [4.69, 9.17) is 0 Å². The normalized spacial score (nSPS) is 12.7. The van der Waals surface area contributed by atoms with Crippen LogP contribution in [0.4, 0.5) is 0 Å². The Morgan fingerprint density at radius 2 is 0.556 bits per heavy atom. The number of hydrogen-bond donors (Lipinski definition) is 0. The molecule has 0 fully saturated rings. The Morgan fingerprint density at radius 1 is 0.370 bits per heavy atom. The summed E-state index contributed by atoms with van der Waals surface area (Å²) in [6.45, 7) is 14.6. The van der Waals surface area contributed by atoms with Crippen LogP contribution in [0.3, 0.4) is 0 Å². The minimum atomic E-state index is -1.71. The van der Waals surface area contributed by atoms with E-state index in [2.05, 4.69) is 47.3 Å². The summed E-state index contributed by atoms with van der Waals surface area (Å²) in [5.41, 5.74) is 0. The Balaban J connectivity index is 5.66. The molecule has 0 aliphatic rings. The summed E-state index contributed by atoms with van der Waals surface area (Å²) in [5.74, 6) is 2.24. The van der Waals surface area contributed by atoms with Crippen LogP contribution in [0.5, 0.6) is 0 Å². The fourth-order valence-electron chi connectivity index (χ4n) is 4.62. The zero-order valence-corrected chi connectivity index (χ0v) is 25.3. The van der Waals surface area contributed by atoms with Crippen molar-refractivity contribution >= 4 is 31.4 Å². The molecule has 27 heavy (non-hydrogen) atoms. The molecule has 0 spiro atoms. The molecule has 0 saturated heterocycles. The predicted molar refractivity (Wildman–Crippen MR) is 137 cm³/mol. The summed E-state index contributed by atoms with van der Waals surface area (Å²) >= 11 is -3.42. The van der Waals surface area contributed by atoms with Crippen LogP contribution in [0.15, 0.2) is 0 Å². The Bertz CT molecular complexity index is 246. The maximum absolute atomic E-state index is 2.43. The molecule has 1 radical (unpaired) electrons. The third-order valence-corrected chi connectivity index (χ3v) is 67.5. The molecular weight excluding hydrogens is 464 g/mol. The molecule has 0 unspecified atom stereocenters. The standard InChI is InChI=1S/C24H54Ge2P/c1-7-13-19-25(20-14-8-2,21-15-9-3)27-26(22-16-10-4,23-17-11-5)24-18-12-6/h7-24H2,1-6H3. The van der Waals surface area contributed by atoms with Gasteiger partial charge in [0.05, 0.1) is 0 Å². The van der Waals surface area contributed by atoms with Crippen LogP contribution in [-0.2, 0) is 0 Å². The quantitative estimate of drug-likeness (QED) is 0.111. The zero-order valence-electron chi connectivity index (χ0n) is 20.2. The van der Waals surface area contributed by atoms with Gasteiger partial charge < -0.3 is 0 Å². The van der Waals surface area contributed by atoms with Gasteiger partial charge in [-0.1, -0.05) is 0 Å². The molecule has 0 aromatic heterocycles. The van der Waals surface area contributed by atoms with Gasteiger partial charge in [-0.25, -0.2) is 0 Å². The second-order valence-electron chi connectivity index (χ2n) is 9.18. The monoisotopic (exact) mass is 521 g/mol. The second-order valence-corrected chi connectivity index (χ2v) is 44.6. The van der Waals surface area contributed by atoms with Gasteiger partial charge in [-0.2, -0.15) is 0 Å². The van der Waals surface area contributed by atoms with E-state index >= 15 is 0 Å². The predicted octanol–water partition coefficient (Wildman–Crippen LogP) is 10.6. The van der Waals surface area contributed by atoms with E-state index in [0.29, 0.717) is 0 Å². The molecule has 0 aliphatic heterocycles. The summed E-state index contributed by atoms with van der Waals surface area (Å²) in [7, 11) is 0. The van der Waals surface area contributed by atoms with Crippen molar-refractivity contribution in [2.45, 2.75) is 150 Å². The third kappa shape index (κ3) is 12.7. The van der Waals surface area contributed by atoms with Crippen molar-refractivity contribution in [3.05, 3.63) is 0 Å². The summed E-state index contributed by atoms with van der Waals surface area (Å²) in [6.07, 6.45) is 17.9. The van der Waals surface area contributed by atoms with Crippen molar-refractivity contribution in [1.29, 1.82) is 0 Å². The van der Waals surface area contributed by atoms with E-state index in [-0.39, 0.29) is 0 Å². The van der Waals surface area contributed by atoms with Crippen molar-refractivity contribution in [2.24, 2.45) is 0 Å². The first-order chi connectivity index (χ1) is 13.1. The summed E-state index contributed by atoms with van der Waals surface area (Å²) in [4.78, 5) is 0. The van der Waals surface area contributed by atoms with Gasteiger partial charge in [0.1, 0.15) is 0 Å². The molecule has 0 bridgehead atoms. The van der Waals surface area contributed by atoms with Crippen molar-refractivity contribution in [1.82, 2.24) is 0 Å². The SMILES string of the molecule is CCC[CH2][Ge]([CH2]CCC)([CH2]CCC)[P][Ge]([CH2]CCC)([CH2]CCC)[CH2]CCC. The topological polar surface area (TPSA) is 0 Å². The van der Waals surface area contributed by atoms with Crippen molar-refractivity contribution in [2.75, 3.05) is 0 Å². The molecule has 0 amide bonds. The van der Waals surface area contributed by atoms with Gasteiger partial charge in [-0.3, -0.25) is 0 Å². The molecule has 0 nitrogen and oxygen atoms in total. The fraction of sp³-hybridized carbons (Fsp3) is 1.00. The van der Waals surface area contributed by atoms with Crippen LogP contribution in [0.2, 0.25) is 31.5 Å². The van der Waals surface area contributed by atoms with E-state index in [1.54, 1.807) is 70.0 Å². The van der Waals surface area contributed by atoms with E-state index in [0.717, 1.165) is 0 Å². The van der Waals surface area contributed by atoms with E-state index in [1.807, 2.05) is 0 Å². The Hall–Kier alpha value is 1.52. The number of hydrogen-bond acceptors (Lipinski definition) is 0. The fourth-order valence-corrected chi connectivity index (χ4v) is 92.5. The molecule has 0 N–H and O–H groups in total. The Kier molecular flexibility index (Phi) is 19.3. The van der Waals surface area contributed by atoms with Crippen LogP contribution in [0.25, 0.3) is 0 Å². The van der Waals surface area contributed by atoms with Gasteiger partial charge >= 0.3 is 182 Å². The van der Waals surface area contributed by atoms with Gasteiger partial charge in [-0.05, 0) is 0 Å². The van der Waals surface area contributed by atoms with Gasteiger partial charge in [0.25, 0.3) is 0 Å². The van der Waals surface area contributed by atoms with Gasteiger partial charge in [0.15, 0.2) is 0 Å². The molecule has 0 aliphatic carbocycles. The summed E-state index contributed by atoms with van der Waals surface area (Å²) in [5, 5.41) is 10.3. The van der Waals surface area contributed by atoms with E-state index < -0.39 is 25.6 Å². The van der Waals surface area contributed by atoms with Crippen molar-refractivity contribution in [3.8, 4) is 0 Å². The average molecular weight is 519 g/mol. The van der Waals surface area contributed by atoms with Gasteiger partial charge in [0, 0.05) is 0 Å². The third-order valence-electron chi connectivity index (χ3n) is 6.45. The maximum atomic E-state index is 2.43. The van der Waals surface area contributed by atoms with Gasteiger partial charge in [0.2, 0.25) is 0 Å². The molecule has 3 heteroatoms. The molecule has 0 rings (SSSR count). The van der Waals surface area contributed by atoms with Crippen LogP contribution in [0.1, 0.15) is 119 Å². The van der Waals surface area contributed by atoms with Crippen LogP contribution < -0.4 is 0 Å². The molecule has 0 atom stereocenters. The zero-order chi connectivity index (χ0) is 20.4. The first kappa shape index (κ1) is 28.5. The first-order valence-corrected chi connectivity index (χ1v) is 28.2. The average Bonchev–Trinajstić information content (AvgIpc) is 2.70. The van der Waals surface area contributed by atoms with Crippen molar-refractivity contribution < 1.29 is 0 Å². The van der Waals surface area contributed by atoms with Crippen molar-refractivity contribution in [3.63, 3.8) is 0 Å².